The van der Waals surface area contributed by atoms with Gasteiger partial charge in [0.1, 0.15) is 6.61 Å². The molecule has 2 aromatic rings. The Hall–Kier alpha value is -3.09. The molecule has 0 radical (unpaired) electrons. The quantitative estimate of drug-likeness (QED) is 0.607. The van der Waals surface area contributed by atoms with Crippen LogP contribution in [0.25, 0.3) is 0 Å². The molecule has 0 saturated carbocycles. The number of nitrogens with one attached hydrogen (secondary N) is 1. The average molecular weight is 343 g/mol. The van der Waals surface area contributed by atoms with Gasteiger partial charge in [0.15, 0.2) is 0 Å². The molecule has 0 aliphatic carbocycles. The molecule has 0 bridgehead atoms. The van der Waals surface area contributed by atoms with Crippen molar-refractivity contribution in [1.29, 1.82) is 0 Å². The average Bonchev–Trinajstić information content (AvgIpc) is 2.61. The van der Waals surface area contributed by atoms with E-state index >= 15 is 0 Å². The summed E-state index contributed by atoms with van der Waals surface area (Å²) in [5.74, 6) is 0. The number of rotatable bonds is 7. The monoisotopic (exact) mass is 343 g/mol. The smallest absolute Gasteiger partial charge is 0.411 e. The Kier molecular flexibility index (Phi) is 6.33. The predicted octanol–water partition coefficient (Wildman–Crippen LogP) is 3.98. The number of ether oxygens (including phenoxy) is 1. The lowest BCUT2D eigenvalue weighted by atomic mass is 10.2. The molecular weight excluding hydrogens is 322 g/mol. The van der Waals surface area contributed by atoms with Crippen molar-refractivity contribution in [2.24, 2.45) is 0 Å². The second kappa shape index (κ2) is 8.68. The summed E-state index contributed by atoms with van der Waals surface area (Å²) in [6, 6.07) is 14.1. The van der Waals surface area contributed by atoms with Crippen molar-refractivity contribution in [3.63, 3.8) is 0 Å². The van der Waals surface area contributed by atoms with E-state index < -0.39 is 11.0 Å². The van der Waals surface area contributed by atoms with Crippen LogP contribution >= 0.6 is 0 Å². The molecule has 25 heavy (non-hydrogen) atoms. The number of amides is 1. The van der Waals surface area contributed by atoms with Gasteiger partial charge in [-0.15, -0.1) is 0 Å². The van der Waals surface area contributed by atoms with E-state index in [0.717, 1.165) is 17.8 Å². The van der Waals surface area contributed by atoms with Gasteiger partial charge >= 0.3 is 6.09 Å². The van der Waals surface area contributed by atoms with Gasteiger partial charge in [-0.3, -0.25) is 15.4 Å². The minimum absolute atomic E-state index is 0.0814. The molecule has 0 fully saturated rings. The first-order valence-electron chi connectivity index (χ1n) is 8.00. The highest BCUT2D eigenvalue weighted by atomic mass is 16.6. The SMILES string of the molecule is CCN(CCOC(=O)Nc1cc([N+](=O)[O-])ccc1C)c1ccccc1. The summed E-state index contributed by atoms with van der Waals surface area (Å²) in [5.41, 5.74) is 2.07. The van der Waals surface area contributed by atoms with Gasteiger partial charge in [0.25, 0.3) is 5.69 Å². The van der Waals surface area contributed by atoms with Crippen LogP contribution in [-0.2, 0) is 4.74 Å². The minimum atomic E-state index is -0.632. The summed E-state index contributed by atoms with van der Waals surface area (Å²) in [5, 5.41) is 13.4. The van der Waals surface area contributed by atoms with Crippen molar-refractivity contribution in [1.82, 2.24) is 0 Å². The summed E-state index contributed by atoms with van der Waals surface area (Å²) >= 11 is 0. The van der Waals surface area contributed by atoms with E-state index in [1.807, 2.05) is 37.3 Å². The molecule has 1 amide bonds. The predicted molar refractivity (Wildman–Crippen MR) is 97.1 cm³/mol. The molecule has 0 atom stereocenters. The second-order valence-electron chi connectivity index (χ2n) is 5.43. The van der Waals surface area contributed by atoms with E-state index in [0.29, 0.717) is 12.2 Å². The largest absolute Gasteiger partial charge is 0.447 e. The number of hydrogen-bond donors (Lipinski definition) is 1. The van der Waals surface area contributed by atoms with E-state index in [1.54, 1.807) is 13.0 Å². The molecule has 0 aliphatic heterocycles. The number of carbonyl (C=O) groups is 1. The highest BCUT2D eigenvalue weighted by Gasteiger charge is 2.12. The Bertz CT molecular complexity index is 734. The van der Waals surface area contributed by atoms with Crippen LogP contribution in [-0.4, -0.2) is 30.7 Å². The number of para-hydroxylation sites is 1. The van der Waals surface area contributed by atoms with Crippen LogP contribution < -0.4 is 10.2 Å². The number of hydrogen-bond acceptors (Lipinski definition) is 5. The topological polar surface area (TPSA) is 84.7 Å². The highest BCUT2D eigenvalue weighted by molar-refractivity contribution is 5.86. The Morgan fingerprint density at radius 1 is 1.24 bits per heavy atom. The highest BCUT2D eigenvalue weighted by Crippen LogP contribution is 2.22. The van der Waals surface area contributed by atoms with Crippen LogP contribution in [0, 0.1) is 17.0 Å². The van der Waals surface area contributed by atoms with Gasteiger partial charge in [-0.25, -0.2) is 4.79 Å². The standard InChI is InChI=1S/C18H21N3O4/c1-3-20(15-7-5-4-6-8-15)11-12-25-18(22)19-17-13-16(21(23)24)10-9-14(17)2/h4-10,13H,3,11-12H2,1-2H3,(H,19,22). The van der Waals surface area contributed by atoms with Gasteiger partial charge in [0.2, 0.25) is 0 Å². The van der Waals surface area contributed by atoms with E-state index in [2.05, 4.69) is 10.2 Å². The Labute approximate surface area is 146 Å². The van der Waals surface area contributed by atoms with Crippen LogP contribution in [0.5, 0.6) is 0 Å². The van der Waals surface area contributed by atoms with Gasteiger partial charge in [-0.05, 0) is 31.5 Å². The third-order valence-corrected chi connectivity index (χ3v) is 3.77. The molecule has 0 spiro atoms. The third kappa shape index (κ3) is 5.20. The van der Waals surface area contributed by atoms with Gasteiger partial charge in [-0.1, -0.05) is 24.3 Å². The van der Waals surface area contributed by atoms with E-state index in [1.165, 1.54) is 12.1 Å². The van der Waals surface area contributed by atoms with Gasteiger partial charge < -0.3 is 9.64 Å². The first-order chi connectivity index (χ1) is 12.0. The van der Waals surface area contributed by atoms with E-state index in [-0.39, 0.29) is 12.3 Å². The van der Waals surface area contributed by atoms with Crippen molar-refractivity contribution in [2.45, 2.75) is 13.8 Å². The number of carbonyl (C=O) groups excluding carboxylic acids is 1. The number of nitrogens with zero attached hydrogens (tertiary/aromatic N) is 2. The molecule has 1 N–H and O–H groups in total. The molecule has 132 valence electrons. The number of anilines is 2. The number of benzene rings is 2. The molecule has 7 heteroatoms. The lowest BCUT2D eigenvalue weighted by Gasteiger charge is -2.22. The Morgan fingerprint density at radius 2 is 1.96 bits per heavy atom. The fraction of sp³-hybridized carbons (Fsp3) is 0.278. The maximum Gasteiger partial charge on any atom is 0.411 e. The van der Waals surface area contributed by atoms with Crippen LogP contribution in [0.4, 0.5) is 21.9 Å². The molecule has 2 aromatic carbocycles. The van der Waals surface area contributed by atoms with E-state index in [4.69, 9.17) is 4.74 Å². The maximum absolute atomic E-state index is 11.9. The molecule has 0 saturated heterocycles. The lowest BCUT2D eigenvalue weighted by molar-refractivity contribution is -0.384. The van der Waals surface area contributed by atoms with Crippen molar-refractivity contribution < 1.29 is 14.5 Å². The number of aryl methyl sites for hydroxylation is 1. The van der Waals surface area contributed by atoms with Gasteiger partial charge in [0.05, 0.1) is 17.2 Å². The lowest BCUT2D eigenvalue weighted by Crippen LogP contribution is -2.28. The van der Waals surface area contributed by atoms with Gasteiger partial charge in [0, 0.05) is 24.4 Å². The maximum atomic E-state index is 11.9. The normalized spacial score (nSPS) is 10.2. The zero-order chi connectivity index (χ0) is 18.2. The summed E-state index contributed by atoms with van der Waals surface area (Å²) in [4.78, 5) is 24.3. The number of nitro groups is 1. The minimum Gasteiger partial charge on any atom is -0.447 e. The fourth-order valence-electron chi connectivity index (χ4n) is 2.36. The number of non-ortho nitro benzene ring substituents is 1. The first kappa shape index (κ1) is 18.3. The molecule has 0 aliphatic rings. The second-order valence-corrected chi connectivity index (χ2v) is 5.43. The summed E-state index contributed by atoms with van der Waals surface area (Å²) < 4.78 is 5.19. The van der Waals surface area contributed by atoms with Crippen LogP contribution in [0.15, 0.2) is 48.5 Å². The zero-order valence-corrected chi connectivity index (χ0v) is 14.3. The van der Waals surface area contributed by atoms with Crippen molar-refractivity contribution in [3.05, 3.63) is 64.2 Å². The third-order valence-electron chi connectivity index (χ3n) is 3.77. The Morgan fingerprint density at radius 3 is 2.60 bits per heavy atom. The molecule has 2 rings (SSSR count). The number of nitro benzene ring substituents is 1. The molecule has 0 aromatic heterocycles. The van der Waals surface area contributed by atoms with Crippen LogP contribution in [0.2, 0.25) is 0 Å². The molecule has 0 unspecified atom stereocenters. The van der Waals surface area contributed by atoms with Crippen molar-refractivity contribution in [2.75, 3.05) is 29.9 Å². The summed E-state index contributed by atoms with van der Waals surface area (Å²) in [7, 11) is 0. The summed E-state index contributed by atoms with van der Waals surface area (Å²) in [6.07, 6.45) is -0.632. The molecule has 7 nitrogen and oxygen atoms in total. The van der Waals surface area contributed by atoms with Crippen molar-refractivity contribution in [3.8, 4) is 0 Å². The summed E-state index contributed by atoms with van der Waals surface area (Å²) in [6.45, 7) is 5.34. The molecule has 0 heterocycles. The fourth-order valence-corrected chi connectivity index (χ4v) is 2.36. The number of likely N-dealkylation sites (N-methyl/N-ethyl adjacent to an activating group) is 1. The molecular formula is C18H21N3O4. The van der Waals surface area contributed by atoms with Crippen LogP contribution in [0.1, 0.15) is 12.5 Å². The van der Waals surface area contributed by atoms with Crippen LogP contribution in [0.3, 0.4) is 0 Å². The Balaban J connectivity index is 1.88. The van der Waals surface area contributed by atoms with Crippen molar-refractivity contribution >= 4 is 23.2 Å². The van der Waals surface area contributed by atoms with Gasteiger partial charge in [-0.2, -0.15) is 0 Å². The zero-order valence-electron chi connectivity index (χ0n) is 14.3. The first-order valence-corrected chi connectivity index (χ1v) is 8.00. The van der Waals surface area contributed by atoms with E-state index in [9.17, 15) is 14.9 Å².